The number of esters is 1. The van der Waals surface area contributed by atoms with Gasteiger partial charge in [-0.2, -0.15) is 0 Å². The standard InChI is InChI=1S/C25H21NO4/c1-3-24(26,23(27)28-2)25(29-17-30-25)20-14-15-21(18-10-6-4-7-11-18)22(16-20)19-12-8-5-9-13-19/h1,4-16H,17,26H2,2H3. The summed E-state index contributed by atoms with van der Waals surface area (Å²) in [6.07, 6.45) is 5.65. The molecule has 5 heteroatoms. The van der Waals surface area contributed by atoms with Gasteiger partial charge in [-0.15, -0.1) is 6.42 Å². The van der Waals surface area contributed by atoms with E-state index >= 15 is 0 Å². The maximum atomic E-state index is 12.5. The van der Waals surface area contributed by atoms with E-state index in [1.165, 1.54) is 7.11 Å². The van der Waals surface area contributed by atoms with Crippen LogP contribution in [0.4, 0.5) is 0 Å². The number of hydrogen-bond acceptors (Lipinski definition) is 5. The van der Waals surface area contributed by atoms with E-state index in [9.17, 15) is 4.79 Å². The average Bonchev–Trinajstić information content (AvgIpc) is 2.78. The molecule has 0 saturated carbocycles. The molecule has 0 amide bonds. The molecule has 0 aliphatic carbocycles. The van der Waals surface area contributed by atoms with Crippen LogP contribution >= 0.6 is 0 Å². The second kappa shape index (κ2) is 7.77. The molecular formula is C25H21NO4. The molecule has 1 aliphatic heterocycles. The monoisotopic (exact) mass is 399 g/mol. The van der Waals surface area contributed by atoms with Crippen LogP contribution in [-0.2, 0) is 24.8 Å². The molecule has 0 spiro atoms. The Balaban J connectivity index is 1.92. The van der Waals surface area contributed by atoms with E-state index in [4.69, 9.17) is 26.4 Å². The Kier molecular flexibility index (Phi) is 5.15. The summed E-state index contributed by atoms with van der Waals surface area (Å²) in [5, 5.41) is 0. The highest BCUT2D eigenvalue weighted by molar-refractivity contribution is 5.88. The number of benzene rings is 3. The molecule has 0 aromatic heterocycles. The quantitative estimate of drug-likeness (QED) is 0.524. The fourth-order valence-electron chi connectivity index (χ4n) is 3.72. The highest BCUT2D eigenvalue weighted by atomic mass is 16.9. The fraction of sp³-hybridized carbons (Fsp3) is 0.160. The van der Waals surface area contributed by atoms with Crippen LogP contribution in [0.1, 0.15) is 5.56 Å². The lowest BCUT2D eigenvalue weighted by atomic mass is 9.81. The molecule has 5 nitrogen and oxygen atoms in total. The van der Waals surface area contributed by atoms with Gasteiger partial charge in [-0.25, -0.2) is 4.79 Å². The lowest BCUT2D eigenvalue weighted by Crippen LogP contribution is -2.69. The van der Waals surface area contributed by atoms with E-state index in [0.717, 1.165) is 22.3 Å². The summed E-state index contributed by atoms with van der Waals surface area (Å²) in [5.74, 6) is -0.110. The molecule has 2 N–H and O–H groups in total. The Morgan fingerprint density at radius 1 is 1.00 bits per heavy atom. The molecule has 0 radical (unpaired) electrons. The third-order valence-corrected chi connectivity index (χ3v) is 5.35. The second-order valence-electron chi connectivity index (χ2n) is 6.96. The summed E-state index contributed by atoms with van der Waals surface area (Å²) in [7, 11) is 1.22. The number of terminal acetylenes is 1. The van der Waals surface area contributed by atoms with Crippen molar-refractivity contribution in [2.24, 2.45) is 5.73 Å². The van der Waals surface area contributed by atoms with Gasteiger partial charge in [-0.3, -0.25) is 0 Å². The number of ether oxygens (including phenoxy) is 3. The van der Waals surface area contributed by atoms with Crippen LogP contribution in [0.2, 0.25) is 0 Å². The molecule has 1 heterocycles. The van der Waals surface area contributed by atoms with E-state index in [1.54, 1.807) is 0 Å². The van der Waals surface area contributed by atoms with Crippen LogP contribution in [0.25, 0.3) is 22.3 Å². The smallest absolute Gasteiger partial charge is 0.344 e. The number of hydrogen-bond donors (Lipinski definition) is 1. The summed E-state index contributed by atoms with van der Waals surface area (Å²) in [6.45, 7) is -0.0290. The largest absolute Gasteiger partial charge is 0.467 e. The first-order valence-electron chi connectivity index (χ1n) is 9.44. The van der Waals surface area contributed by atoms with Crippen molar-refractivity contribution in [1.82, 2.24) is 0 Å². The summed E-state index contributed by atoms with van der Waals surface area (Å²) in [4.78, 5) is 12.5. The fourth-order valence-corrected chi connectivity index (χ4v) is 3.72. The molecule has 1 aliphatic rings. The molecule has 3 aromatic carbocycles. The zero-order chi connectivity index (χ0) is 21.2. The molecule has 0 bridgehead atoms. The van der Waals surface area contributed by atoms with Crippen molar-refractivity contribution < 1.29 is 19.0 Å². The molecule has 4 rings (SSSR count). The normalized spacial score (nSPS) is 16.6. The van der Waals surface area contributed by atoms with Crippen molar-refractivity contribution in [2.45, 2.75) is 11.3 Å². The van der Waals surface area contributed by atoms with E-state index in [-0.39, 0.29) is 6.79 Å². The maximum absolute atomic E-state index is 12.5. The van der Waals surface area contributed by atoms with Crippen molar-refractivity contribution >= 4 is 5.97 Å². The molecule has 30 heavy (non-hydrogen) atoms. The Morgan fingerprint density at radius 3 is 2.03 bits per heavy atom. The average molecular weight is 399 g/mol. The van der Waals surface area contributed by atoms with Gasteiger partial charge >= 0.3 is 5.97 Å². The van der Waals surface area contributed by atoms with Crippen molar-refractivity contribution in [3.8, 4) is 34.6 Å². The number of methoxy groups -OCH3 is 1. The third kappa shape index (κ3) is 2.99. The highest BCUT2D eigenvalue weighted by Crippen LogP contribution is 2.45. The molecule has 3 aromatic rings. The Morgan fingerprint density at radius 2 is 1.57 bits per heavy atom. The van der Waals surface area contributed by atoms with Crippen molar-refractivity contribution in [3.05, 3.63) is 84.4 Å². The predicted molar refractivity (Wildman–Crippen MR) is 114 cm³/mol. The van der Waals surface area contributed by atoms with E-state index in [2.05, 4.69) is 5.92 Å². The number of nitrogens with two attached hydrogens (primary N) is 1. The minimum absolute atomic E-state index is 0.0290. The van der Waals surface area contributed by atoms with Gasteiger partial charge in [0.1, 0.15) is 0 Å². The van der Waals surface area contributed by atoms with Crippen LogP contribution in [0.15, 0.2) is 78.9 Å². The SMILES string of the molecule is C#CC(N)(C(=O)OC)C1(c2ccc(-c3ccccc3)c(-c3ccccc3)c2)OCO1. The first-order valence-corrected chi connectivity index (χ1v) is 9.44. The van der Waals surface area contributed by atoms with Gasteiger partial charge in [0.05, 0.1) is 7.11 Å². The van der Waals surface area contributed by atoms with Crippen molar-refractivity contribution in [2.75, 3.05) is 13.9 Å². The number of rotatable bonds is 5. The predicted octanol–water partition coefficient (Wildman–Crippen LogP) is 3.68. The molecule has 1 fully saturated rings. The third-order valence-electron chi connectivity index (χ3n) is 5.35. The van der Waals surface area contributed by atoms with Gasteiger partial charge in [0.25, 0.3) is 0 Å². The van der Waals surface area contributed by atoms with Crippen molar-refractivity contribution in [3.63, 3.8) is 0 Å². The summed E-state index contributed by atoms with van der Waals surface area (Å²) in [5.41, 5.74) is 8.89. The summed E-state index contributed by atoms with van der Waals surface area (Å²) >= 11 is 0. The maximum Gasteiger partial charge on any atom is 0.344 e. The van der Waals surface area contributed by atoms with Gasteiger partial charge in [0, 0.05) is 5.56 Å². The molecule has 1 atom stereocenters. The molecular weight excluding hydrogens is 378 g/mol. The zero-order valence-corrected chi connectivity index (χ0v) is 16.5. The van der Waals surface area contributed by atoms with Crippen molar-refractivity contribution in [1.29, 1.82) is 0 Å². The Hall–Kier alpha value is -3.43. The van der Waals surface area contributed by atoms with Gasteiger partial charge in [0.2, 0.25) is 11.3 Å². The second-order valence-corrected chi connectivity index (χ2v) is 6.96. The van der Waals surface area contributed by atoms with E-state index in [1.807, 2.05) is 78.9 Å². The molecule has 1 unspecified atom stereocenters. The number of carbonyl (C=O) groups is 1. The number of carbonyl (C=O) groups excluding carboxylic acids is 1. The Bertz CT molecular complexity index is 1100. The van der Waals surface area contributed by atoms with Gasteiger partial charge in [-0.05, 0) is 28.3 Å². The van der Waals surface area contributed by atoms with E-state index in [0.29, 0.717) is 5.56 Å². The summed E-state index contributed by atoms with van der Waals surface area (Å²) < 4.78 is 16.3. The van der Waals surface area contributed by atoms with Crippen LogP contribution in [0, 0.1) is 12.3 Å². The first-order chi connectivity index (χ1) is 14.6. The first kappa shape index (κ1) is 19.9. The minimum atomic E-state index is -1.94. The lowest BCUT2D eigenvalue weighted by Gasteiger charge is -2.48. The molecule has 1 saturated heterocycles. The van der Waals surface area contributed by atoms with Crippen LogP contribution in [0.3, 0.4) is 0 Å². The summed E-state index contributed by atoms with van der Waals surface area (Å²) in [6, 6.07) is 25.6. The zero-order valence-electron chi connectivity index (χ0n) is 16.5. The highest BCUT2D eigenvalue weighted by Gasteiger charge is 2.62. The van der Waals surface area contributed by atoms with Crippen LogP contribution < -0.4 is 5.73 Å². The van der Waals surface area contributed by atoms with Crippen LogP contribution in [-0.4, -0.2) is 25.4 Å². The Labute approximate surface area is 175 Å². The van der Waals surface area contributed by atoms with E-state index < -0.39 is 17.3 Å². The topological polar surface area (TPSA) is 70.8 Å². The molecule has 150 valence electrons. The van der Waals surface area contributed by atoms with Gasteiger partial charge in [0.15, 0.2) is 6.79 Å². The lowest BCUT2D eigenvalue weighted by molar-refractivity contribution is -0.422. The minimum Gasteiger partial charge on any atom is -0.467 e. The van der Waals surface area contributed by atoms with Gasteiger partial charge < -0.3 is 19.9 Å². The van der Waals surface area contributed by atoms with Crippen LogP contribution in [0.5, 0.6) is 0 Å². The van der Waals surface area contributed by atoms with Gasteiger partial charge in [-0.1, -0.05) is 78.7 Å².